The summed E-state index contributed by atoms with van der Waals surface area (Å²) in [6.07, 6.45) is 5.67. The van der Waals surface area contributed by atoms with Crippen molar-refractivity contribution >= 4 is 21.8 Å². The molecular weight excluding hydrogens is 421 g/mol. The van der Waals surface area contributed by atoms with Gasteiger partial charge in [0.2, 0.25) is 21.8 Å². The summed E-state index contributed by atoms with van der Waals surface area (Å²) in [6, 6.07) is 4.46. The number of nitrogens with two attached hydrogens (primary N) is 1. The Labute approximate surface area is 181 Å². The van der Waals surface area contributed by atoms with E-state index in [-0.39, 0.29) is 47.2 Å². The topological polar surface area (TPSA) is 110 Å². The van der Waals surface area contributed by atoms with Crippen LogP contribution in [0.3, 0.4) is 0 Å². The van der Waals surface area contributed by atoms with Crippen molar-refractivity contribution in [2.24, 2.45) is 28.9 Å². The van der Waals surface area contributed by atoms with Gasteiger partial charge in [0.1, 0.15) is 5.82 Å². The first kappa shape index (κ1) is 20.9. The highest BCUT2D eigenvalue weighted by Crippen LogP contribution is 2.59. The van der Waals surface area contributed by atoms with Crippen LogP contribution in [-0.2, 0) is 19.6 Å². The summed E-state index contributed by atoms with van der Waals surface area (Å²) in [4.78, 5) is 25.1. The highest BCUT2D eigenvalue weighted by Gasteiger charge is 2.58. The third kappa shape index (κ3) is 3.65. The van der Waals surface area contributed by atoms with Crippen LogP contribution in [0.2, 0.25) is 0 Å². The van der Waals surface area contributed by atoms with Crippen LogP contribution in [-0.4, -0.2) is 43.2 Å². The normalized spacial score (nSPS) is 34.1. The molecule has 168 valence electrons. The number of rotatable bonds is 7. The number of primary amides is 1. The number of carbonyl (C=O) groups is 2. The molecular formula is C22H28FN3O4S. The molecule has 5 fully saturated rings. The quantitative estimate of drug-likeness (QED) is 0.661. The first-order valence-corrected chi connectivity index (χ1v) is 12.5. The molecule has 0 aromatic heterocycles. The fourth-order valence-electron chi connectivity index (χ4n) is 6.45. The fourth-order valence-corrected chi connectivity index (χ4v) is 8.09. The first-order valence-electron chi connectivity index (χ1n) is 11.0. The molecule has 6 rings (SSSR count). The SMILES string of the molecule is NC(=O)C12CC3CC(C1)C(NC(=O)CN(C1CC1)S(=O)(=O)c1ccc(F)cc1)C(C3)C2. The lowest BCUT2D eigenvalue weighted by atomic mass is 9.47. The Balaban J connectivity index is 1.30. The van der Waals surface area contributed by atoms with Crippen LogP contribution in [0.25, 0.3) is 0 Å². The molecule has 3 N–H and O–H groups in total. The van der Waals surface area contributed by atoms with Gasteiger partial charge in [-0.15, -0.1) is 0 Å². The highest BCUT2D eigenvalue weighted by molar-refractivity contribution is 7.89. The largest absolute Gasteiger partial charge is 0.369 e. The van der Waals surface area contributed by atoms with Gasteiger partial charge in [-0.05, 0) is 87.0 Å². The molecule has 5 aliphatic rings. The van der Waals surface area contributed by atoms with E-state index in [0.29, 0.717) is 31.6 Å². The van der Waals surface area contributed by atoms with Crippen LogP contribution in [0.5, 0.6) is 0 Å². The summed E-state index contributed by atoms with van der Waals surface area (Å²) >= 11 is 0. The molecule has 0 aliphatic heterocycles. The molecule has 2 unspecified atom stereocenters. The second kappa shape index (κ2) is 7.27. The van der Waals surface area contributed by atoms with Crippen molar-refractivity contribution in [3.8, 4) is 0 Å². The van der Waals surface area contributed by atoms with Crippen molar-refractivity contribution in [3.05, 3.63) is 30.1 Å². The summed E-state index contributed by atoms with van der Waals surface area (Å²) in [5.41, 5.74) is 5.31. The number of nitrogens with zero attached hydrogens (tertiary/aromatic N) is 1. The lowest BCUT2D eigenvalue weighted by Crippen LogP contribution is -2.62. The van der Waals surface area contributed by atoms with Crippen LogP contribution in [0.4, 0.5) is 4.39 Å². The number of halogens is 1. The molecule has 31 heavy (non-hydrogen) atoms. The van der Waals surface area contributed by atoms with Crippen molar-refractivity contribution in [3.63, 3.8) is 0 Å². The summed E-state index contributed by atoms with van der Waals surface area (Å²) in [6.45, 7) is -0.245. The smallest absolute Gasteiger partial charge is 0.243 e. The van der Waals surface area contributed by atoms with E-state index in [1.165, 1.54) is 16.4 Å². The number of amides is 2. The number of nitrogens with one attached hydrogen (secondary N) is 1. The molecule has 0 radical (unpaired) electrons. The summed E-state index contributed by atoms with van der Waals surface area (Å²) in [7, 11) is -3.89. The molecule has 0 heterocycles. The average molecular weight is 450 g/mol. The predicted octanol–water partition coefficient (Wildman–Crippen LogP) is 1.78. The molecule has 0 spiro atoms. The minimum atomic E-state index is -3.89. The molecule has 4 bridgehead atoms. The van der Waals surface area contributed by atoms with Gasteiger partial charge in [0, 0.05) is 17.5 Å². The van der Waals surface area contributed by atoms with Crippen molar-refractivity contribution in [1.82, 2.24) is 9.62 Å². The van der Waals surface area contributed by atoms with Gasteiger partial charge in [0.05, 0.1) is 11.4 Å². The van der Waals surface area contributed by atoms with Gasteiger partial charge in [-0.2, -0.15) is 4.31 Å². The molecule has 1 aromatic rings. The van der Waals surface area contributed by atoms with E-state index in [4.69, 9.17) is 5.73 Å². The Bertz CT molecular complexity index is 992. The second-order valence-electron chi connectivity index (χ2n) is 9.94. The van der Waals surface area contributed by atoms with Crippen molar-refractivity contribution in [1.29, 1.82) is 0 Å². The van der Waals surface area contributed by atoms with Crippen molar-refractivity contribution < 1.29 is 22.4 Å². The van der Waals surface area contributed by atoms with Gasteiger partial charge in [0.25, 0.3) is 0 Å². The molecule has 2 atom stereocenters. The van der Waals surface area contributed by atoms with E-state index >= 15 is 0 Å². The van der Waals surface area contributed by atoms with Crippen LogP contribution < -0.4 is 11.1 Å². The van der Waals surface area contributed by atoms with E-state index in [9.17, 15) is 22.4 Å². The number of hydrogen-bond donors (Lipinski definition) is 2. The first-order chi connectivity index (χ1) is 14.7. The Hall–Kier alpha value is -2.00. The standard InChI is InChI=1S/C22H28FN3O4S/c23-16-1-5-18(6-2-16)31(29,30)26(17-3-4-17)12-19(27)25-20-14-7-13-8-15(20)11-22(9-13,10-14)21(24)28/h1-2,5-6,13-15,17,20H,3-4,7-12H2,(H2,24,28)(H,25,27). The Kier molecular flexibility index (Phi) is 4.89. The Morgan fingerprint density at radius 2 is 1.71 bits per heavy atom. The van der Waals surface area contributed by atoms with Gasteiger partial charge in [-0.25, -0.2) is 12.8 Å². The van der Waals surface area contributed by atoms with Gasteiger partial charge < -0.3 is 11.1 Å². The molecule has 5 aliphatic carbocycles. The third-order valence-electron chi connectivity index (χ3n) is 7.80. The van der Waals surface area contributed by atoms with Gasteiger partial charge in [-0.1, -0.05) is 0 Å². The van der Waals surface area contributed by atoms with Gasteiger partial charge in [0.15, 0.2) is 0 Å². The molecule has 7 nitrogen and oxygen atoms in total. The molecule has 5 saturated carbocycles. The van der Waals surface area contributed by atoms with Crippen LogP contribution in [0, 0.1) is 29.0 Å². The van der Waals surface area contributed by atoms with Crippen LogP contribution >= 0.6 is 0 Å². The summed E-state index contributed by atoms with van der Waals surface area (Å²) < 4.78 is 40.7. The molecule has 9 heteroatoms. The van der Waals surface area contributed by atoms with Crippen molar-refractivity contribution in [2.45, 2.75) is 61.9 Å². The van der Waals surface area contributed by atoms with Gasteiger partial charge >= 0.3 is 0 Å². The number of sulfonamides is 1. The van der Waals surface area contributed by atoms with Gasteiger partial charge in [-0.3, -0.25) is 9.59 Å². The molecule has 1 aromatic carbocycles. The third-order valence-corrected chi connectivity index (χ3v) is 9.71. The predicted molar refractivity (Wildman–Crippen MR) is 110 cm³/mol. The zero-order chi connectivity index (χ0) is 22.0. The van der Waals surface area contributed by atoms with E-state index in [1.807, 2.05) is 0 Å². The molecule has 2 amide bonds. The van der Waals surface area contributed by atoms with E-state index < -0.39 is 21.3 Å². The minimum absolute atomic E-state index is 0.00776. The van der Waals surface area contributed by atoms with E-state index in [2.05, 4.69) is 5.32 Å². The summed E-state index contributed by atoms with van der Waals surface area (Å²) in [5.74, 6) is -0.132. The fraction of sp³-hybridized carbons (Fsp3) is 0.636. The highest BCUT2D eigenvalue weighted by atomic mass is 32.2. The zero-order valence-electron chi connectivity index (χ0n) is 17.3. The summed E-state index contributed by atoms with van der Waals surface area (Å²) in [5, 5.41) is 3.11. The Morgan fingerprint density at radius 1 is 1.10 bits per heavy atom. The van der Waals surface area contributed by atoms with Crippen molar-refractivity contribution in [2.75, 3.05) is 6.54 Å². The molecule has 0 saturated heterocycles. The minimum Gasteiger partial charge on any atom is -0.369 e. The Morgan fingerprint density at radius 3 is 2.26 bits per heavy atom. The van der Waals surface area contributed by atoms with E-state index in [0.717, 1.165) is 31.4 Å². The maximum absolute atomic E-state index is 13.2. The number of carbonyl (C=O) groups excluding carboxylic acids is 2. The lowest BCUT2D eigenvalue weighted by Gasteiger charge is -2.58. The maximum atomic E-state index is 13.2. The van der Waals surface area contributed by atoms with E-state index in [1.54, 1.807) is 0 Å². The maximum Gasteiger partial charge on any atom is 0.243 e. The zero-order valence-corrected chi connectivity index (χ0v) is 18.1. The monoisotopic (exact) mass is 449 g/mol. The second-order valence-corrected chi connectivity index (χ2v) is 11.8. The number of benzene rings is 1. The lowest BCUT2D eigenvalue weighted by molar-refractivity contribution is -0.147. The van der Waals surface area contributed by atoms with Crippen LogP contribution in [0.1, 0.15) is 44.9 Å². The average Bonchev–Trinajstić information content (AvgIpc) is 3.53. The van der Waals surface area contributed by atoms with Crippen LogP contribution in [0.15, 0.2) is 29.2 Å². The number of hydrogen-bond acceptors (Lipinski definition) is 4.